The Morgan fingerprint density at radius 3 is 2.92 bits per heavy atom. The van der Waals surface area contributed by atoms with Gasteiger partial charge >= 0.3 is 0 Å². The highest BCUT2D eigenvalue weighted by Crippen LogP contribution is 2.13. The van der Waals surface area contributed by atoms with Crippen molar-refractivity contribution in [1.29, 1.82) is 0 Å². The van der Waals surface area contributed by atoms with Crippen LogP contribution < -0.4 is 10.9 Å². The van der Waals surface area contributed by atoms with Crippen molar-refractivity contribution in [3.8, 4) is 0 Å². The molecule has 0 fully saturated rings. The number of benzene rings is 1. The molecule has 0 aliphatic heterocycles. The van der Waals surface area contributed by atoms with Gasteiger partial charge in [0.05, 0.1) is 5.69 Å². The van der Waals surface area contributed by atoms with Crippen LogP contribution in [0.25, 0.3) is 11.1 Å². The average molecular weight is 405 g/mol. The number of fused-ring (bicyclic) bond motifs is 1. The predicted octanol–water partition coefficient (Wildman–Crippen LogP) is 2.33. The van der Waals surface area contributed by atoms with Crippen LogP contribution in [0, 0.1) is 6.92 Å². The van der Waals surface area contributed by atoms with Crippen LogP contribution in [0.15, 0.2) is 38.1 Å². The van der Waals surface area contributed by atoms with E-state index in [1.54, 1.807) is 6.92 Å². The maximum Gasteiger partial charge on any atom is 0.267 e. The molecule has 8 heteroatoms. The zero-order valence-corrected chi connectivity index (χ0v) is 15.5. The first-order chi connectivity index (χ1) is 12.0. The number of aromatic nitrogens is 3. The van der Waals surface area contributed by atoms with Crippen LogP contribution >= 0.6 is 15.9 Å². The third-order valence-electron chi connectivity index (χ3n) is 3.87. The molecule has 25 heavy (non-hydrogen) atoms. The fourth-order valence-corrected chi connectivity index (χ4v) is 3.01. The Morgan fingerprint density at radius 2 is 2.20 bits per heavy atom. The maximum absolute atomic E-state index is 12.7. The Balaban J connectivity index is 1.80. The average Bonchev–Trinajstić information content (AvgIpc) is 2.99. The molecular formula is C17H17BrN4O3. The van der Waals surface area contributed by atoms with Crippen molar-refractivity contribution < 1.29 is 9.32 Å². The number of nitrogens with zero attached hydrogens (tertiary/aromatic N) is 3. The molecule has 0 aliphatic carbocycles. The lowest BCUT2D eigenvalue weighted by Crippen LogP contribution is -2.33. The summed E-state index contributed by atoms with van der Waals surface area (Å²) in [7, 11) is 0. The fraction of sp³-hybridized carbons (Fsp3) is 0.294. The molecule has 3 rings (SSSR count). The van der Waals surface area contributed by atoms with Crippen molar-refractivity contribution >= 4 is 32.9 Å². The number of halogens is 1. The molecule has 3 aromatic rings. The van der Waals surface area contributed by atoms with Crippen LogP contribution in [-0.4, -0.2) is 20.6 Å². The number of carbonyl (C=O) groups is 1. The molecule has 0 saturated heterocycles. The van der Waals surface area contributed by atoms with Gasteiger partial charge in [-0.2, -0.15) is 4.98 Å². The number of hydrogen-bond donors (Lipinski definition) is 1. The van der Waals surface area contributed by atoms with Crippen LogP contribution in [0.2, 0.25) is 0 Å². The van der Waals surface area contributed by atoms with Gasteiger partial charge in [-0.15, -0.1) is 0 Å². The summed E-state index contributed by atoms with van der Waals surface area (Å²) in [6.07, 6.45) is 0.558. The molecule has 0 saturated carbocycles. The van der Waals surface area contributed by atoms with E-state index in [1.807, 2.05) is 31.2 Å². The number of hydrogen-bond acceptors (Lipinski definition) is 5. The SMILES string of the molecule is CCc1noc2nc(C)n(CC(=O)NCc3cccc(Br)c3)c(=O)c12. The van der Waals surface area contributed by atoms with Crippen LogP contribution in [0.3, 0.4) is 0 Å². The van der Waals surface area contributed by atoms with Crippen LogP contribution in [0.5, 0.6) is 0 Å². The molecule has 0 bridgehead atoms. The lowest BCUT2D eigenvalue weighted by atomic mass is 10.2. The maximum atomic E-state index is 12.7. The van der Waals surface area contributed by atoms with Gasteiger partial charge in [-0.3, -0.25) is 14.2 Å². The van der Waals surface area contributed by atoms with E-state index in [0.29, 0.717) is 29.9 Å². The summed E-state index contributed by atoms with van der Waals surface area (Å²) in [5, 5.41) is 7.02. The van der Waals surface area contributed by atoms with Gasteiger partial charge in [0.15, 0.2) is 0 Å². The minimum atomic E-state index is -0.307. The molecule has 2 aromatic heterocycles. The molecule has 0 unspecified atom stereocenters. The lowest BCUT2D eigenvalue weighted by Gasteiger charge is -2.10. The second kappa shape index (κ2) is 7.18. The van der Waals surface area contributed by atoms with Gasteiger partial charge in [-0.05, 0) is 31.0 Å². The standard InChI is InChI=1S/C17H17BrN4O3/c1-3-13-15-16(25-21-13)20-10(2)22(17(15)24)9-14(23)19-8-11-5-4-6-12(18)7-11/h4-7H,3,8-9H2,1-2H3,(H,19,23). The van der Waals surface area contributed by atoms with Crippen LogP contribution in [0.4, 0.5) is 0 Å². The Hall–Kier alpha value is -2.48. The van der Waals surface area contributed by atoms with Gasteiger partial charge in [0.25, 0.3) is 11.3 Å². The summed E-state index contributed by atoms with van der Waals surface area (Å²) in [6, 6.07) is 7.66. The molecule has 0 aliphatic rings. The molecule has 0 atom stereocenters. The van der Waals surface area contributed by atoms with E-state index < -0.39 is 0 Å². The minimum Gasteiger partial charge on any atom is -0.350 e. The zero-order chi connectivity index (χ0) is 18.0. The van der Waals surface area contributed by atoms with Gasteiger partial charge in [0, 0.05) is 11.0 Å². The van der Waals surface area contributed by atoms with E-state index in [-0.39, 0.29) is 23.7 Å². The lowest BCUT2D eigenvalue weighted by molar-refractivity contribution is -0.121. The van der Waals surface area contributed by atoms with E-state index in [9.17, 15) is 9.59 Å². The van der Waals surface area contributed by atoms with Gasteiger partial charge in [-0.1, -0.05) is 40.1 Å². The molecule has 0 radical (unpaired) electrons. The summed E-state index contributed by atoms with van der Waals surface area (Å²) in [6.45, 7) is 3.83. The van der Waals surface area contributed by atoms with Crippen molar-refractivity contribution in [1.82, 2.24) is 20.0 Å². The van der Waals surface area contributed by atoms with Crippen molar-refractivity contribution in [2.75, 3.05) is 0 Å². The highest BCUT2D eigenvalue weighted by atomic mass is 79.9. The smallest absolute Gasteiger partial charge is 0.267 e. The molecule has 1 aromatic carbocycles. The highest BCUT2D eigenvalue weighted by Gasteiger charge is 2.17. The topological polar surface area (TPSA) is 90.0 Å². The molecular weight excluding hydrogens is 388 g/mol. The quantitative estimate of drug-likeness (QED) is 0.704. The first kappa shape index (κ1) is 17.3. The third-order valence-corrected chi connectivity index (χ3v) is 4.37. The summed E-state index contributed by atoms with van der Waals surface area (Å²) in [5.41, 5.74) is 1.42. The summed E-state index contributed by atoms with van der Waals surface area (Å²) >= 11 is 3.39. The monoisotopic (exact) mass is 404 g/mol. The Bertz CT molecular complexity index is 993. The normalized spacial score (nSPS) is 11.0. The Kier molecular flexibility index (Phi) is 4.98. The first-order valence-corrected chi connectivity index (χ1v) is 8.65. The van der Waals surface area contributed by atoms with E-state index in [2.05, 4.69) is 31.4 Å². The molecule has 1 amide bonds. The van der Waals surface area contributed by atoms with Gasteiger partial charge in [-0.25, -0.2) is 0 Å². The Morgan fingerprint density at radius 1 is 1.40 bits per heavy atom. The molecule has 1 N–H and O–H groups in total. The van der Waals surface area contributed by atoms with Crippen LogP contribution in [0.1, 0.15) is 24.0 Å². The summed E-state index contributed by atoms with van der Waals surface area (Å²) < 4.78 is 7.39. The summed E-state index contributed by atoms with van der Waals surface area (Å²) in [4.78, 5) is 29.2. The number of rotatable bonds is 5. The fourth-order valence-electron chi connectivity index (χ4n) is 2.57. The molecule has 2 heterocycles. The first-order valence-electron chi connectivity index (χ1n) is 7.86. The summed E-state index contributed by atoms with van der Waals surface area (Å²) in [5.74, 6) is 0.148. The molecule has 7 nitrogen and oxygen atoms in total. The molecule has 130 valence electrons. The van der Waals surface area contributed by atoms with Crippen molar-refractivity contribution in [3.63, 3.8) is 0 Å². The third kappa shape index (κ3) is 3.63. The largest absolute Gasteiger partial charge is 0.350 e. The van der Waals surface area contributed by atoms with E-state index in [0.717, 1.165) is 10.0 Å². The second-order valence-corrected chi connectivity index (χ2v) is 6.54. The van der Waals surface area contributed by atoms with Crippen molar-refractivity contribution in [3.05, 3.63) is 56.2 Å². The van der Waals surface area contributed by atoms with Gasteiger partial charge in [0.1, 0.15) is 17.8 Å². The van der Waals surface area contributed by atoms with E-state index in [1.165, 1.54) is 4.57 Å². The number of aryl methyl sites for hydroxylation is 2. The number of nitrogens with one attached hydrogen (secondary N) is 1. The van der Waals surface area contributed by atoms with Crippen LogP contribution in [-0.2, 0) is 24.3 Å². The Labute approximate surface area is 152 Å². The molecule has 0 spiro atoms. The van der Waals surface area contributed by atoms with E-state index >= 15 is 0 Å². The van der Waals surface area contributed by atoms with Gasteiger partial charge < -0.3 is 9.84 Å². The minimum absolute atomic E-state index is 0.101. The zero-order valence-electron chi connectivity index (χ0n) is 13.9. The van der Waals surface area contributed by atoms with Crippen molar-refractivity contribution in [2.24, 2.45) is 0 Å². The van der Waals surface area contributed by atoms with E-state index in [4.69, 9.17) is 4.52 Å². The second-order valence-electron chi connectivity index (χ2n) is 5.62. The van der Waals surface area contributed by atoms with Crippen molar-refractivity contribution in [2.45, 2.75) is 33.4 Å². The number of amides is 1. The number of carbonyl (C=O) groups excluding carboxylic acids is 1. The van der Waals surface area contributed by atoms with Gasteiger partial charge in [0.2, 0.25) is 5.91 Å². The predicted molar refractivity (Wildman–Crippen MR) is 96.2 cm³/mol. The highest BCUT2D eigenvalue weighted by molar-refractivity contribution is 9.10.